The van der Waals surface area contributed by atoms with Gasteiger partial charge in [-0.3, -0.25) is 0 Å². The number of hydrogen-bond acceptors (Lipinski definition) is 11. The zero-order chi connectivity index (χ0) is 41.4. The van der Waals surface area contributed by atoms with Gasteiger partial charge in [-0.25, -0.2) is 4.79 Å². The predicted octanol–water partition coefficient (Wildman–Crippen LogP) is 6.16. The third-order valence-corrected chi connectivity index (χ3v) is 13.1. The van der Waals surface area contributed by atoms with Crippen LogP contribution in [0.5, 0.6) is 0 Å². The highest BCUT2D eigenvalue weighted by molar-refractivity contribution is 5.82. The molecule has 3 rings (SSSR count). The highest BCUT2D eigenvalue weighted by atomic mass is 16.7. The third kappa shape index (κ3) is 14.9. The topological polar surface area (TPSA) is 175 Å². The molecule has 2 bridgehead atoms. The van der Waals surface area contributed by atoms with Crippen molar-refractivity contribution in [3.8, 4) is 0 Å². The summed E-state index contributed by atoms with van der Waals surface area (Å²) in [5, 5.41) is 64.7. The Hall–Kier alpha value is -1.67. The maximum atomic E-state index is 13.6. The first kappa shape index (κ1) is 48.7. The third-order valence-electron chi connectivity index (χ3n) is 13.1. The van der Waals surface area contributed by atoms with E-state index in [1.165, 1.54) is 13.2 Å². The second kappa shape index (κ2) is 24.4. The smallest absolute Gasteiger partial charge is 0.330 e. The number of hydrogen-bond donors (Lipinski definition) is 6. The van der Waals surface area contributed by atoms with Gasteiger partial charge in [0.25, 0.3) is 0 Å². The van der Waals surface area contributed by atoms with Crippen molar-refractivity contribution in [1.29, 1.82) is 0 Å². The summed E-state index contributed by atoms with van der Waals surface area (Å²) in [5.41, 5.74) is 0. The molecule has 0 saturated carbocycles. The Bertz CT molecular complexity index is 1210. The van der Waals surface area contributed by atoms with Gasteiger partial charge >= 0.3 is 5.97 Å². The molecule has 3 aliphatic rings. The van der Waals surface area contributed by atoms with E-state index in [2.05, 4.69) is 26.0 Å². The Morgan fingerprint density at radius 3 is 2.27 bits per heavy atom. The van der Waals surface area contributed by atoms with Gasteiger partial charge in [-0.1, -0.05) is 71.9 Å². The molecule has 11 nitrogen and oxygen atoms in total. The van der Waals surface area contributed by atoms with Gasteiger partial charge in [0, 0.05) is 56.3 Å². The number of fused-ring (bicyclic) bond motifs is 2. The van der Waals surface area contributed by atoms with Crippen molar-refractivity contribution in [2.45, 2.75) is 192 Å². The second-order valence-electron chi connectivity index (χ2n) is 17.3. The standard InChI is InChI=1S/C45H78O11/c1-8-33-15-12-10-11-13-17-37(48)31(5)38(49)26-35(53-7)27-39(50)32(6)44(52)30(4)18-21-43(51)54-42-28-45(55-40(20-19-33)36(42)16-14-24-46)23-22-29(3)41(56-45)25-34(47)9-2/h10-12,15,18,21,29-42,44,46-50,52H,8-9,13-14,16-17,19-20,22-28H2,1-7H3/b11-10+,15-12+,21-18+/t29-,30-,31+,32-,33-,34+,35+,36+,37+,38-,39+,40-,41-,42-,44+,45-/m0/s1. The van der Waals surface area contributed by atoms with E-state index in [9.17, 15) is 35.4 Å². The van der Waals surface area contributed by atoms with Gasteiger partial charge in [0.15, 0.2) is 5.79 Å². The first-order valence-electron chi connectivity index (χ1n) is 21.8. The van der Waals surface area contributed by atoms with Crippen molar-refractivity contribution in [3.63, 3.8) is 0 Å². The lowest BCUT2D eigenvalue weighted by Crippen LogP contribution is -2.58. The zero-order valence-corrected chi connectivity index (χ0v) is 35.5. The van der Waals surface area contributed by atoms with Crippen molar-refractivity contribution in [2.75, 3.05) is 13.7 Å². The molecule has 324 valence electrons. The molecule has 0 aromatic heterocycles. The molecule has 3 aliphatic heterocycles. The van der Waals surface area contributed by atoms with E-state index in [-0.39, 0.29) is 49.4 Å². The average molecular weight is 795 g/mol. The lowest BCUT2D eigenvalue weighted by molar-refractivity contribution is -0.349. The van der Waals surface area contributed by atoms with Crippen LogP contribution >= 0.6 is 0 Å². The molecule has 6 N–H and O–H groups in total. The summed E-state index contributed by atoms with van der Waals surface area (Å²) in [4.78, 5) is 13.6. The minimum atomic E-state index is -0.981. The van der Waals surface area contributed by atoms with Crippen LogP contribution in [0.15, 0.2) is 36.5 Å². The molecule has 16 atom stereocenters. The molecule has 3 heterocycles. The summed E-state index contributed by atoms with van der Waals surface area (Å²) in [5.74, 6) is -2.65. The van der Waals surface area contributed by atoms with Crippen molar-refractivity contribution in [1.82, 2.24) is 0 Å². The fraction of sp³-hybridized carbons (Fsp3) is 0.844. The van der Waals surface area contributed by atoms with Crippen molar-refractivity contribution < 1.29 is 54.4 Å². The lowest BCUT2D eigenvalue weighted by atomic mass is 9.78. The van der Waals surface area contributed by atoms with Crippen molar-refractivity contribution in [2.24, 2.45) is 35.5 Å². The fourth-order valence-electron chi connectivity index (χ4n) is 8.74. The number of aliphatic hydroxyl groups is 6. The molecule has 11 heteroatoms. The van der Waals surface area contributed by atoms with E-state index < -0.39 is 72.2 Å². The van der Waals surface area contributed by atoms with E-state index in [0.29, 0.717) is 57.8 Å². The van der Waals surface area contributed by atoms with Gasteiger partial charge in [0.2, 0.25) is 0 Å². The summed E-state index contributed by atoms with van der Waals surface area (Å²) in [7, 11) is 1.52. The number of aliphatic hydroxyl groups excluding tert-OH is 6. The SMILES string of the molecule is CC[C@@H](O)C[C@@H]1O[C@@]2(CC[C@@H]1C)C[C@@H]1OC(=O)/C=C/[C@H](C)[C@@H](O)[C@@H](C)[C@H](O)C[C@H](OC)C[C@H](O)[C@H](C)[C@H](O)CC/C=C/C=C/[C@H](CC)CC[C@H](O2)[C@H]1CCCO. The highest BCUT2D eigenvalue weighted by Gasteiger charge is 2.52. The Balaban J connectivity index is 1.95. The van der Waals surface area contributed by atoms with Gasteiger partial charge in [-0.05, 0) is 88.9 Å². The van der Waals surface area contributed by atoms with Gasteiger partial charge in [-0.2, -0.15) is 0 Å². The van der Waals surface area contributed by atoms with Crippen LogP contribution in [0.2, 0.25) is 0 Å². The van der Waals surface area contributed by atoms with E-state index >= 15 is 0 Å². The monoisotopic (exact) mass is 795 g/mol. The van der Waals surface area contributed by atoms with Gasteiger partial charge in [-0.15, -0.1) is 0 Å². The second-order valence-corrected chi connectivity index (χ2v) is 17.3. The average Bonchev–Trinajstić information content (AvgIpc) is 3.18. The van der Waals surface area contributed by atoms with Crippen molar-refractivity contribution >= 4 is 5.97 Å². The van der Waals surface area contributed by atoms with Crippen molar-refractivity contribution in [3.05, 3.63) is 36.5 Å². The first-order valence-corrected chi connectivity index (χ1v) is 21.8. The summed E-state index contributed by atoms with van der Waals surface area (Å²) < 4.78 is 25.7. The molecule has 56 heavy (non-hydrogen) atoms. The number of allylic oxidation sites excluding steroid dienone is 4. The highest BCUT2D eigenvalue weighted by Crippen LogP contribution is 2.47. The number of ether oxygens (including phenoxy) is 4. The number of rotatable bonds is 8. The minimum Gasteiger partial charge on any atom is -0.459 e. The lowest BCUT2D eigenvalue weighted by Gasteiger charge is -2.52. The van der Waals surface area contributed by atoms with E-state index in [1.807, 2.05) is 26.0 Å². The van der Waals surface area contributed by atoms with Crippen LogP contribution in [0.4, 0.5) is 0 Å². The molecule has 0 radical (unpaired) electrons. The molecule has 2 fully saturated rings. The molecule has 0 amide bonds. The number of carbonyl (C=O) groups excluding carboxylic acids is 1. The molecule has 1 spiro atoms. The molecule has 0 aromatic rings. The summed E-state index contributed by atoms with van der Waals surface area (Å²) >= 11 is 0. The summed E-state index contributed by atoms with van der Waals surface area (Å²) in [6.45, 7) is 11.6. The van der Waals surface area contributed by atoms with Crippen LogP contribution in [0.1, 0.15) is 131 Å². The number of carbonyl (C=O) groups is 1. The quantitative estimate of drug-likeness (QED) is 0.155. The Kier molecular flexibility index (Phi) is 21.2. The van der Waals surface area contributed by atoms with Crippen LogP contribution in [-0.2, 0) is 23.7 Å². The normalized spacial score (nSPS) is 42.7. The Morgan fingerprint density at radius 2 is 1.61 bits per heavy atom. The van der Waals surface area contributed by atoms with E-state index in [4.69, 9.17) is 18.9 Å². The zero-order valence-electron chi connectivity index (χ0n) is 35.5. The molecular weight excluding hydrogens is 716 g/mol. The van der Waals surface area contributed by atoms with Crippen LogP contribution in [0, 0.1) is 35.5 Å². The maximum absolute atomic E-state index is 13.6. The molecular formula is C45H78O11. The summed E-state index contributed by atoms with van der Waals surface area (Å²) in [6, 6.07) is 0. The first-order chi connectivity index (χ1) is 26.7. The molecule has 0 aliphatic carbocycles. The molecule has 2 saturated heterocycles. The number of esters is 1. The van der Waals surface area contributed by atoms with E-state index in [0.717, 1.165) is 19.3 Å². The van der Waals surface area contributed by atoms with Crippen LogP contribution < -0.4 is 0 Å². The maximum Gasteiger partial charge on any atom is 0.330 e. The summed E-state index contributed by atoms with van der Waals surface area (Å²) in [6.07, 6.45) is 13.9. The molecule has 0 unspecified atom stereocenters. The van der Waals surface area contributed by atoms with Crippen LogP contribution in [0.3, 0.4) is 0 Å². The predicted molar refractivity (Wildman–Crippen MR) is 217 cm³/mol. The van der Waals surface area contributed by atoms with Gasteiger partial charge < -0.3 is 49.6 Å². The Labute approximate surface area is 337 Å². The van der Waals surface area contributed by atoms with E-state index in [1.54, 1.807) is 19.9 Å². The molecule has 0 aromatic carbocycles. The Morgan fingerprint density at radius 1 is 0.893 bits per heavy atom. The van der Waals surface area contributed by atoms with Crippen LogP contribution in [0.25, 0.3) is 0 Å². The van der Waals surface area contributed by atoms with Gasteiger partial charge in [0.05, 0.1) is 48.8 Å². The minimum absolute atomic E-state index is 0.00761. The largest absolute Gasteiger partial charge is 0.459 e. The van der Waals surface area contributed by atoms with Crippen LogP contribution in [-0.4, -0.2) is 111 Å². The fourth-order valence-corrected chi connectivity index (χ4v) is 8.74. The van der Waals surface area contributed by atoms with Gasteiger partial charge in [0.1, 0.15) is 6.10 Å². The number of methoxy groups -OCH3 is 1.